The lowest BCUT2D eigenvalue weighted by molar-refractivity contribution is 0.0699. The molecular weight excluding hydrogens is 350 g/mol. The van der Waals surface area contributed by atoms with Gasteiger partial charge in [0.15, 0.2) is 0 Å². The molecule has 0 unspecified atom stereocenters. The van der Waals surface area contributed by atoms with E-state index in [4.69, 9.17) is 4.98 Å². The second kappa shape index (κ2) is 6.48. The summed E-state index contributed by atoms with van der Waals surface area (Å²) in [4.78, 5) is 27.8. The second-order valence-electron chi connectivity index (χ2n) is 7.78. The topological polar surface area (TPSA) is 66.3 Å². The molecule has 28 heavy (non-hydrogen) atoms. The van der Waals surface area contributed by atoms with E-state index in [0.717, 1.165) is 47.5 Å². The minimum absolute atomic E-state index is 0.00153. The van der Waals surface area contributed by atoms with Gasteiger partial charge >= 0.3 is 0 Å². The second-order valence-corrected chi connectivity index (χ2v) is 7.78. The summed E-state index contributed by atoms with van der Waals surface area (Å²) in [6.45, 7) is 5.54. The molecule has 0 radical (unpaired) electrons. The normalized spacial score (nSPS) is 17.5. The number of hydrogen-bond donors (Lipinski definition) is 1. The van der Waals surface area contributed by atoms with Gasteiger partial charge in [-0.15, -0.1) is 0 Å². The van der Waals surface area contributed by atoms with E-state index >= 15 is 0 Å². The van der Waals surface area contributed by atoms with E-state index in [-0.39, 0.29) is 11.8 Å². The van der Waals surface area contributed by atoms with Crippen LogP contribution in [0.15, 0.2) is 42.7 Å². The largest absolute Gasteiger partial charge is 0.342 e. The van der Waals surface area contributed by atoms with Crippen molar-refractivity contribution in [2.75, 3.05) is 13.1 Å². The van der Waals surface area contributed by atoms with Crippen molar-refractivity contribution >= 4 is 22.6 Å². The first-order valence-electron chi connectivity index (χ1n) is 9.78. The minimum atomic E-state index is -0.00153. The number of imidazole rings is 2. The number of H-pyrrole nitrogens is 1. The first kappa shape index (κ1) is 17.0. The van der Waals surface area contributed by atoms with E-state index < -0.39 is 0 Å². The molecule has 3 aromatic heterocycles. The Morgan fingerprint density at radius 3 is 2.96 bits per heavy atom. The van der Waals surface area contributed by atoms with Crippen molar-refractivity contribution in [2.45, 2.75) is 32.6 Å². The number of pyridine rings is 1. The fourth-order valence-corrected chi connectivity index (χ4v) is 4.12. The molecule has 0 aliphatic carbocycles. The average Bonchev–Trinajstić information content (AvgIpc) is 3.32. The van der Waals surface area contributed by atoms with Crippen molar-refractivity contribution in [2.24, 2.45) is 0 Å². The first-order valence-corrected chi connectivity index (χ1v) is 9.78. The summed E-state index contributed by atoms with van der Waals surface area (Å²) in [7, 11) is 0. The van der Waals surface area contributed by atoms with Gasteiger partial charge in [0.25, 0.3) is 5.91 Å². The quantitative estimate of drug-likeness (QED) is 0.580. The van der Waals surface area contributed by atoms with Gasteiger partial charge in [-0.1, -0.05) is 12.1 Å². The van der Waals surface area contributed by atoms with Gasteiger partial charge in [-0.25, -0.2) is 9.97 Å². The number of rotatable bonds is 2. The summed E-state index contributed by atoms with van der Waals surface area (Å²) in [5.41, 5.74) is 5.71. The number of fused-ring (bicyclic) bond motifs is 2. The zero-order valence-electron chi connectivity index (χ0n) is 16.1. The predicted molar refractivity (Wildman–Crippen MR) is 109 cm³/mol. The van der Waals surface area contributed by atoms with Crippen molar-refractivity contribution < 1.29 is 4.79 Å². The number of aryl methyl sites for hydroxylation is 2. The summed E-state index contributed by atoms with van der Waals surface area (Å²) in [6.07, 6.45) is 5.78. The van der Waals surface area contributed by atoms with E-state index in [1.54, 1.807) is 0 Å². The van der Waals surface area contributed by atoms with Gasteiger partial charge in [0.05, 0.1) is 11.0 Å². The van der Waals surface area contributed by atoms with Crippen LogP contribution in [0.1, 0.15) is 46.2 Å². The Balaban J connectivity index is 1.40. The molecular formula is C22H23N5O. The van der Waals surface area contributed by atoms with Gasteiger partial charge in [0.2, 0.25) is 0 Å². The molecule has 4 aromatic rings. The fraction of sp³-hybridized carbons (Fsp3) is 0.318. The summed E-state index contributed by atoms with van der Waals surface area (Å²) < 4.78 is 1.91. The Bertz CT molecular complexity index is 1190. The van der Waals surface area contributed by atoms with Crippen LogP contribution in [0.5, 0.6) is 0 Å². The molecule has 0 saturated carbocycles. The monoisotopic (exact) mass is 373 g/mol. The van der Waals surface area contributed by atoms with Crippen molar-refractivity contribution in [3.05, 3.63) is 65.4 Å². The molecule has 1 saturated heterocycles. The lowest BCUT2D eigenvalue weighted by Gasteiger charge is -2.31. The van der Waals surface area contributed by atoms with Crippen LogP contribution in [0.2, 0.25) is 0 Å². The standard InChI is InChI=1S/C22H23N5O/c1-14-8-10-26-13-18(23-19(26)11-14)22(28)27-9-4-6-16(12-27)21-24-17-7-3-5-15(2)20(17)25-21/h3,5,7-8,10-11,13,16H,4,6,9,12H2,1-2H3,(H,24,25)/t16-/m1/s1. The predicted octanol–water partition coefficient (Wildman–Crippen LogP) is 3.85. The maximum absolute atomic E-state index is 13.1. The molecule has 0 spiro atoms. The van der Waals surface area contributed by atoms with Gasteiger partial charge in [-0.2, -0.15) is 0 Å². The number of amides is 1. The van der Waals surface area contributed by atoms with Crippen LogP contribution in [0.3, 0.4) is 0 Å². The van der Waals surface area contributed by atoms with Crippen molar-refractivity contribution in [3.8, 4) is 0 Å². The van der Waals surface area contributed by atoms with Crippen molar-refractivity contribution in [3.63, 3.8) is 0 Å². The molecule has 1 fully saturated rings. The van der Waals surface area contributed by atoms with Crippen LogP contribution >= 0.6 is 0 Å². The third-order valence-electron chi connectivity index (χ3n) is 5.66. The Morgan fingerprint density at radius 2 is 2.11 bits per heavy atom. The van der Waals surface area contributed by atoms with Gasteiger partial charge < -0.3 is 14.3 Å². The number of aromatic amines is 1. The lowest BCUT2D eigenvalue weighted by Crippen LogP contribution is -2.39. The zero-order valence-corrected chi connectivity index (χ0v) is 16.1. The van der Waals surface area contributed by atoms with Crippen LogP contribution in [-0.2, 0) is 0 Å². The Morgan fingerprint density at radius 1 is 1.21 bits per heavy atom. The van der Waals surface area contributed by atoms with E-state index in [9.17, 15) is 4.79 Å². The number of carbonyl (C=O) groups excluding carboxylic acids is 1. The summed E-state index contributed by atoms with van der Waals surface area (Å²) in [5.74, 6) is 1.20. The highest BCUT2D eigenvalue weighted by Gasteiger charge is 2.28. The highest BCUT2D eigenvalue weighted by Crippen LogP contribution is 2.28. The number of benzene rings is 1. The van der Waals surface area contributed by atoms with Gasteiger partial charge in [0.1, 0.15) is 17.2 Å². The number of likely N-dealkylation sites (tertiary alicyclic amines) is 1. The summed E-state index contributed by atoms with van der Waals surface area (Å²) in [5, 5.41) is 0. The molecule has 0 bridgehead atoms. The number of aromatic nitrogens is 4. The maximum atomic E-state index is 13.1. The van der Waals surface area contributed by atoms with E-state index in [0.29, 0.717) is 12.2 Å². The van der Waals surface area contributed by atoms with Crippen molar-refractivity contribution in [1.82, 2.24) is 24.3 Å². The van der Waals surface area contributed by atoms with Crippen LogP contribution in [0.25, 0.3) is 16.7 Å². The number of hydrogen-bond acceptors (Lipinski definition) is 3. The Kier molecular flexibility index (Phi) is 3.93. The number of para-hydroxylation sites is 1. The average molecular weight is 373 g/mol. The molecule has 6 nitrogen and oxygen atoms in total. The highest BCUT2D eigenvalue weighted by atomic mass is 16.2. The molecule has 1 atom stereocenters. The van der Waals surface area contributed by atoms with Gasteiger partial charge in [-0.3, -0.25) is 4.79 Å². The smallest absolute Gasteiger partial charge is 0.274 e. The molecule has 1 aliphatic rings. The molecule has 5 rings (SSSR count). The van der Waals surface area contributed by atoms with Crippen LogP contribution in [0, 0.1) is 13.8 Å². The fourth-order valence-electron chi connectivity index (χ4n) is 4.12. The maximum Gasteiger partial charge on any atom is 0.274 e. The van der Waals surface area contributed by atoms with Crippen LogP contribution in [0.4, 0.5) is 0 Å². The van der Waals surface area contributed by atoms with E-state index in [1.807, 2.05) is 46.8 Å². The number of carbonyl (C=O) groups is 1. The molecule has 6 heteroatoms. The minimum Gasteiger partial charge on any atom is -0.342 e. The Hall–Kier alpha value is -3.15. The molecule has 1 N–H and O–H groups in total. The van der Waals surface area contributed by atoms with Crippen LogP contribution < -0.4 is 0 Å². The van der Waals surface area contributed by atoms with Crippen molar-refractivity contribution in [1.29, 1.82) is 0 Å². The Labute approximate surface area is 163 Å². The number of piperidine rings is 1. The molecule has 1 aliphatic heterocycles. The van der Waals surface area contributed by atoms with Gasteiger partial charge in [-0.05, 0) is 56.0 Å². The summed E-state index contributed by atoms with van der Waals surface area (Å²) >= 11 is 0. The molecule has 1 amide bonds. The van der Waals surface area contributed by atoms with E-state index in [1.165, 1.54) is 5.56 Å². The lowest BCUT2D eigenvalue weighted by atomic mass is 9.97. The third-order valence-corrected chi connectivity index (χ3v) is 5.66. The SMILES string of the molecule is Cc1ccn2cc(C(=O)N3CCC[C@@H](c4nc5c(C)cccc5[nH]4)C3)nc2c1. The summed E-state index contributed by atoms with van der Waals surface area (Å²) in [6, 6.07) is 10.2. The zero-order chi connectivity index (χ0) is 19.3. The number of nitrogens with zero attached hydrogens (tertiary/aromatic N) is 4. The third kappa shape index (κ3) is 2.85. The van der Waals surface area contributed by atoms with Gasteiger partial charge in [0, 0.05) is 31.4 Å². The molecule has 1 aromatic carbocycles. The number of nitrogens with one attached hydrogen (secondary N) is 1. The highest BCUT2D eigenvalue weighted by molar-refractivity contribution is 5.93. The molecule has 142 valence electrons. The molecule has 4 heterocycles. The first-order chi connectivity index (χ1) is 13.6. The van der Waals surface area contributed by atoms with E-state index in [2.05, 4.69) is 29.0 Å². The van der Waals surface area contributed by atoms with Crippen LogP contribution in [-0.4, -0.2) is 43.2 Å².